The van der Waals surface area contributed by atoms with Crippen molar-refractivity contribution < 1.29 is 9.90 Å². The van der Waals surface area contributed by atoms with Crippen LogP contribution < -0.4 is 0 Å². The van der Waals surface area contributed by atoms with Crippen molar-refractivity contribution in [2.24, 2.45) is 0 Å². The zero-order valence-corrected chi connectivity index (χ0v) is 9.49. The van der Waals surface area contributed by atoms with Crippen LogP contribution in [0.15, 0.2) is 11.6 Å². The Bertz CT molecular complexity index is 225. The molecule has 0 aromatic carbocycles. The summed E-state index contributed by atoms with van der Waals surface area (Å²) >= 11 is 5.45. The highest BCUT2D eigenvalue weighted by atomic mass is 35.5. The predicted molar refractivity (Wildman–Crippen MR) is 60.1 cm³/mol. The van der Waals surface area contributed by atoms with Gasteiger partial charge in [-0.05, 0) is 0 Å². The number of carboxylic acids is 1. The molecule has 0 saturated carbocycles. The summed E-state index contributed by atoms with van der Waals surface area (Å²) in [7, 11) is 0. The largest absolute Gasteiger partial charge is 0.481 e. The number of aliphatic carboxylic acids is 1. The fraction of sp³-hybridized carbons (Fsp3) is 0.700. The molecular formula is C10H17ClN2O2. The van der Waals surface area contributed by atoms with Gasteiger partial charge in [0.2, 0.25) is 0 Å². The summed E-state index contributed by atoms with van der Waals surface area (Å²) in [4.78, 5) is 14.9. The molecule has 1 N–H and O–H groups in total. The summed E-state index contributed by atoms with van der Waals surface area (Å²) in [5, 5.41) is 8.55. The molecule has 1 rings (SSSR count). The van der Waals surface area contributed by atoms with Crippen molar-refractivity contribution in [1.29, 1.82) is 0 Å². The van der Waals surface area contributed by atoms with E-state index in [1.807, 2.05) is 6.08 Å². The lowest BCUT2D eigenvalue weighted by molar-refractivity contribution is -0.137. The molecule has 0 atom stereocenters. The average Bonchev–Trinajstić information content (AvgIpc) is 2.25. The van der Waals surface area contributed by atoms with Gasteiger partial charge in [-0.15, -0.1) is 0 Å². The van der Waals surface area contributed by atoms with Gasteiger partial charge >= 0.3 is 5.97 Å². The lowest BCUT2D eigenvalue weighted by Gasteiger charge is -2.33. The Morgan fingerprint density at radius 2 is 1.87 bits per heavy atom. The van der Waals surface area contributed by atoms with Crippen LogP contribution in [0.2, 0.25) is 0 Å². The maximum Gasteiger partial charge on any atom is 0.304 e. The van der Waals surface area contributed by atoms with E-state index in [9.17, 15) is 4.79 Å². The molecule has 0 radical (unpaired) electrons. The van der Waals surface area contributed by atoms with Crippen molar-refractivity contribution in [3.63, 3.8) is 0 Å². The van der Waals surface area contributed by atoms with Crippen LogP contribution in [0.1, 0.15) is 6.42 Å². The summed E-state index contributed by atoms with van der Waals surface area (Å²) in [5.74, 6) is -0.720. The lowest BCUT2D eigenvalue weighted by atomic mass is 10.3. The van der Waals surface area contributed by atoms with Crippen LogP contribution in [0.4, 0.5) is 0 Å². The van der Waals surface area contributed by atoms with E-state index >= 15 is 0 Å². The first-order valence-electron chi connectivity index (χ1n) is 5.14. The van der Waals surface area contributed by atoms with E-state index in [0.29, 0.717) is 6.54 Å². The summed E-state index contributed by atoms with van der Waals surface area (Å²) < 4.78 is 0. The van der Waals surface area contributed by atoms with Crippen molar-refractivity contribution in [1.82, 2.24) is 9.80 Å². The molecule has 0 unspecified atom stereocenters. The fourth-order valence-electron chi connectivity index (χ4n) is 1.64. The molecule has 0 aromatic heterocycles. The number of piperazine rings is 1. The smallest absolute Gasteiger partial charge is 0.304 e. The molecule has 1 heterocycles. The monoisotopic (exact) mass is 232 g/mol. The number of nitrogens with zero attached hydrogens (tertiary/aromatic N) is 2. The van der Waals surface area contributed by atoms with Crippen molar-refractivity contribution in [2.45, 2.75) is 6.42 Å². The Labute approximate surface area is 95.1 Å². The van der Waals surface area contributed by atoms with Crippen molar-refractivity contribution in [3.05, 3.63) is 11.6 Å². The van der Waals surface area contributed by atoms with E-state index in [1.54, 1.807) is 0 Å². The first-order valence-corrected chi connectivity index (χ1v) is 5.57. The first-order chi connectivity index (χ1) is 7.22. The van der Waals surface area contributed by atoms with E-state index < -0.39 is 5.97 Å². The third-order valence-electron chi connectivity index (χ3n) is 2.56. The van der Waals surface area contributed by atoms with Gasteiger partial charge < -0.3 is 10.0 Å². The van der Waals surface area contributed by atoms with Gasteiger partial charge in [-0.1, -0.05) is 17.7 Å². The number of hydrogen-bond acceptors (Lipinski definition) is 3. The summed E-state index contributed by atoms with van der Waals surface area (Å²) in [6.07, 6.45) is 2.16. The number of carboxylic acid groups (broad SMARTS) is 1. The van der Waals surface area contributed by atoms with E-state index in [2.05, 4.69) is 9.80 Å². The normalized spacial score (nSPS) is 19.8. The Hall–Kier alpha value is -0.580. The Morgan fingerprint density at radius 3 is 2.40 bits per heavy atom. The van der Waals surface area contributed by atoms with Crippen molar-refractivity contribution >= 4 is 17.6 Å². The Balaban J connectivity index is 2.15. The Kier molecular flexibility index (Phi) is 5.68. The molecule has 15 heavy (non-hydrogen) atoms. The summed E-state index contributed by atoms with van der Waals surface area (Å²) in [6, 6.07) is 0. The molecule has 1 saturated heterocycles. The second kappa shape index (κ2) is 6.82. The van der Waals surface area contributed by atoms with Gasteiger partial charge in [0.15, 0.2) is 0 Å². The standard InChI is InChI=1S/C10H17ClN2O2/c11-3-1-4-12-6-8-13(9-7-12)5-2-10(14)15/h1,3H,2,4-9H2,(H,14,15)/b3-1+. The summed E-state index contributed by atoms with van der Waals surface area (Å²) in [5.41, 5.74) is 1.54. The SMILES string of the molecule is O=C(O)CCN1CCN(C/C=C/Cl)CC1. The summed E-state index contributed by atoms with van der Waals surface area (Å²) in [6.45, 7) is 5.42. The van der Waals surface area contributed by atoms with E-state index in [0.717, 1.165) is 32.7 Å². The fourth-order valence-corrected chi connectivity index (χ4v) is 1.72. The highest BCUT2D eigenvalue weighted by Crippen LogP contribution is 2.02. The molecule has 1 fully saturated rings. The van der Waals surface area contributed by atoms with Crippen LogP contribution in [0.25, 0.3) is 0 Å². The quantitative estimate of drug-likeness (QED) is 0.763. The topological polar surface area (TPSA) is 43.8 Å². The van der Waals surface area contributed by atoms with Gasteiger partial charge in [0.25, 0.3) is 0 Å². The van der Waals surface area contributed by atoms with Crippen LogP contribution in [0.3, 0.4) is 0 Å². The number of rotatable bonds is 5. The van der Waals surface area contributed by atoms with Gasteiger partial charge in [0.05, 0.1) is 6.42 Å². The third-order valence-corrected chi connectivity index (χ3v) is 2.74. The minimum atomic E-state index is -0.720. The zero-order chi connectivity index (χ0) is 11.1. The van der Waals surface area contributed by atoms with Crippen LogP contribution in [0.5, 0.6) is 0 Å². The molecule has 0 aliphatic carbocycles. The molecule has 86 valence electrons. The first kappa shape index (κ1) is 12.5. The minimum absolute atomic E-state index is 0.238. The molecule has 1 aliphatic heterocycles. The highest BCUT2D eigenvalue weighted by Gasteiger charge is 2.15. The van der Waals surface area contributed by atoms with Gasteiger partial charge in [-0.2, -0.15) is 0 Å². The zero-order valence-electron chi connectivity index (χ0n) is 8.73. The lowest BCUT2D eigenvalue weighted by Crippen LogP contribution is -2.46. The maximum atomic E-state index is 10.4. The van der Waals surface area contributed by atoms with Crippen LogP contribution in [-0.2, 0) is 4.79 Å². The molecule has 0 bridgehead atoms. The number of halogens is 1. The van der Waals surface area contributed by atoms with Crippen LogP contribution in [0, 0.1) is 0 Å². The molecule has 0 amide bonds. The maximum absolute atomic E-state index is 10.4. The van der Waals surface area contributed by atoms with Crippen LogP contribution in [-0.4, -0.2) is 60.1 Å². The van der Waals surface area contributed by atoms with E-state index in [4.69, 9.17) is 16.7 Å². The van der Waals surface area contributed by atoms with Gasteiger partial charge in [0.1, 0.15) is 0 Å². The average molecular weight is 233 g/mol. The highest BCUT2D eigenvalue weighted by molar-refractivity contribution is 6.25. The van der Waals surface area contributed by atoms with E-state index in [1.165, 1.54) is 5.54 Å². The number of carbonyl (C=O) groups is 1. The van der Waals surface area contributed by atoms with E-state index in [-0.39, 0.29) is 6.42 Å². The van der Waals surface area contributed by atoms with Gasteiger partial charge in [-0.3, -0.25) is 9.69 Å². The predicted octanol–water partition coefficient (Wildman–Crippen LogP) is 0.831. The second-order valence-corrected chi connectivity index (χ2v) is 3.90. The molecule has 5 heteroatoms. The van der Waals surface area contributed by atoms with Crippen molar-refractivity contribution in [3.8, 4) is 0 Å². The van der Waals surface area contributed by atoms with Crippen LogP contribution >= 0.6 is 11.6 Å². The third kappa shape index (κ3) is 5.16. The van der Waals surface area contributed by atoms with Gasteiger partial charge in [-0.25, -0.2) is 0 Å². The molecule has 0 aromatic rings. The van der Waals surface area contributed by atoms with Gasteiger partial charge in [0, 0.05) is 44.8 Å². The Morgan fingerprint density at radius 1 is 1.27 bits per heavy atom. The van der Waals surface area contributed by atoms with Crippen molar-refractivity contribution in [2.75, 3.05) is 39.3 Å². The molecule has 0 spiro atoms. The molecule has 1 aliphatic rings. The molecule has 4 nitrogen and oxygen atoms in total. The molecular weight excluding hydrogens is 216 g/mol. The number of hydrogen-bond donors (Lipinski definition) is 1. The second-order valence-electron chi connectivity index (χ2n) is 3.65. The minimum Gasteiger partial charge on any atom is -0.481 e.